The Morgan fingerprint density at radius 1 is 1.40 bits per heavy atom. The summed E-state index contributed by atoms with van der Waals surface area (Å²) < 4.78 is 0. The highest BCUT2D eigenvalue weighted by Crippen LogP contribution is 2.39. The molecule has 1 aromatic heterocycles. The van der Waals surface area contributed by atoms with Crippen molar-refractivity contribution in [3.8, 4) is 0 Å². The maximum absolute atomic E-state index is 11.6. The molecule has 1 aromatic rings. The third-order valence-electron chi connectivity index (χ3n) is 4.06. The van der Waals surface area contributed by atoms with Gasteiger partial charge in [0.05, 0.1) is 5.41 Å². The monoisotopic (exact) mass is 278 g/mol. The Morgan fingerprint density at radius 2 is 2.10 bits per heavy atom. The molecule has 0 spiro atoms. The van der Waals surface area contributed by atoms with Crippen LogP contribution in [-0.4, -0.2) is 40.3 Å². The molecule has 1 fully saturated rings. The Kier molecular flexibility index (Phi) is 3.61. The van der Waals surface area contributed by atoms with Crippen molar-refractivity contribution < 1.29 is 14.7 Å². The van der Waals surface area contributed by atoms with Gasteiger partial charge in [-0.3, -0.25) is 9.59 Å². The largest absolute Gasteiger partial charge is 0.481 e. The number of carboxylic acids is 1. The van der Waals surface area contributed by atoms with Crippen LogP contribution in [0.15, 0.2) is 12.1 Å². The van der Waals surface area contributed by atoms with E-state index in [1.54, 1.807) is 6.07 Å². The molecule has 20 heavy (non-hydrogen) atoms. The fourth-order valence-corrected chi connectivity index (χ4v) is 2.55. The van der Waals surface area contributed by atoms with Crippen molar-refractivity contribution in [3.05, 3.63) is 17.8 Å². The molecule has 2 heterocycles. The molecule has 2 rings (SSSR count). The summed E-state index contributed by atoms with van der Waals surface area (Å²) in [5, 5.41) is 17.2. The van der Waals surface area contributed by atoms with Gasteiger partial charge in [0, 0.05) is 13.1 Å². The number of primary amides is 1. The number of carbonyl (C=O) groups is 2. The molecule has 7 nitrogen and oxygen atoms in total. The molecule has 1 unspecified atom stereocenters. The maximum atomic E-state index is 11.6. The number of aromatic nitrogens is 2. The first kappa shape index (κ1) is 14.2. The van der Waals surface area contributed by atoms with Gasteiger partial charge in [-0.15, -0.1) is 10.2 Å². The molecule has 1 aliphatic heterocycles. The van der Waals surface area contributed by atoms with Crippen LogP contribution in [0.25, 0.3) is 0 Å². The second kappa shape index (κ2) is 5.07. The van der Waals surface area contributed by atoms with E-state index >= 15 is 0 Å². The zero-order valence-corrected chi connectivity index (χ0v) is 11.5. The van der Waals surface area contributed by atoms with Crippen LogP contribution in [0.5, 0.6) is 0 Å². The summed E-state index contributed by atoms with van der Waals surface area (Å²) in [5.41, 5.74) is 4.45. The van der Waals surface area contributed by atoms with E-state index < -0.39 is 17.3 Å². The van der Waals surface area contributed by atoms with Crippen molar-refractivity contribution in [2.75, 3.05) is 18.0 Å². The lowest BCUT2D eigenvalue weighted by atomic mass is 9.76. The summed E-state index contributed by atoms with van der Waals surface area (Å²) in [7, 11) is 0. The predicted octanol–water partition coefficient (Wildman–Crippen LogP) is 0.513. The number of aliphatic carboxylic acids is 1. The van der Waals surface area contributed by atoms with Crippen LogP contribution in [0.1, 0.15) is 30.8 Å². The molecular formula is C13H18N4O3. The van der Waals surface area contributed by atoms with E-state index in [9.17, 15) is 14.7 Å². The van der Waals surface area contributed by atoms with Gasteiger partial charge in [0.2, 0.25) is 0 Å². The lowest BCUT2D eigenvalue weighted by Crippen LogP contribution is -2.39. The van der Waals surface area contributed by atoms with E-state index in [1.165, 1.54) is 6.07 Å². The van der Waals surface area contributed by atoms with Gasteiger partial charge in [0.25, 0.3) is 5.91 Å². The minimum Gasteiger partial charge on any atom is -0.481 e. The minimum atomic E-state index is -0.781. The number of hydrogen-bond acceptors (Lipinski definition) is 5. The van der Waals surface area contributed by atoms with Crippen molar-refractivity contribution in [1.29, 1.82) is 0 Å². The first-order valence-corrected chi connectivity index (χ1v) is 6.48. The first-order valence-electron chi connectivity index (χ1n) is 6.48. The van der Waals surface area contributed by atoms with Crippen molar-refractivity contribution in [2.24, 2.45) is 17.1 Å². The molecule has 0 aromatic carbocycles. The van der Waals surface area contributed by atoms with Crippen molar-refractivity contribution in [2.45, 2.75) is 20.3 Å². The van der Waals surface area contributed by atoms with Gasteiger partial charge >= 0.3 is 5.97 Å². The average molecular weight is 278 g/mol. The van der Waals surface area contributed by atoms with Gasteiger partial charge in [0.15, 0.2) is 11.5 Å². The van der Waals surface area contributed by atoms with Gasteiger partial charge in [0.1, 0.15) is 0 Å². The van der Waals surface area contributed by atoms with Gasteiger partial charge in [-0.1, -0.05) is 13.8 Å². The number of anilines is 1. The van der Waals surface area contributed by atoms with Crippen molar-refractivity contribution in [1.82, 2.24) is 10.2 Å². The van der Waals surface area contributed by atoms with E-state index in [4.69, 9.17) is 5.73 Å². The highest BCUT2D eigenvalue weighted by molar-refractivity contribution is 5.90. The molecule has 1 amide bonds. The smallest absolute Gasteiger partial charge is 0.311 e. The van der Waals surface area contributed by atoms with Crippen LogP contribution in [0.3, 0.4) is 0 Å². The van der Waals surface area contributed by atoms with E-state index in [1.807, 2.05) is 18.7 Å². The number of carboxylic acid groups (broad SMARTS) is 1. The van der Waals surface area contributed by atoms with Gasteiger partial charge in [-0.05, 0) is 24.5 Å². The molecule has 0 radical (unpaired) electrons. The Hall–Kier alpha value is -2.18. The molecule has 0 saturated carbocycles. The quantitative estimate of drug-likeness (QED) is 0.830. The van der Waals surface area contributed by atoms with Gasteiger partial charge < -0.3 is 15.7 Å². The van der Waals surface area contributed by atoms with Crippen molar-refractivity contribution >= 4 is 17.7 Å². The second-order valence-corrected chi connectivity index (χ2v) is 5.43. The van der Waals surface area contributed by atoms with E-state index in [0.29, 0.717) is 25.3 Å². The van der Waals surface area contributed by atoms with E-state index in [2.05, 4.69) is 10.2 Å². The molecule has 1 saturated heterocycles. The second-order valence-electron chi connectivity index (χ2n) is 5.43. The summed E-state index contributed by atoms with van der Waals surface area (Å²) in [5.74, 6) is -0.814. The SMILES string of the molecule is CC(C)C1(C(=O)O)CCN(c2ccc(C(N)=O)nn2)C1. The lowest BCUT2D eigenvalue weighted by molar-refractivity contribution is -0.150. The molecule has 108 valence electrons. The Morgan fingerprint density at radius 3 is 2.50 bits per heavy atom. The van der Waals surface area contributed by atoms with E-state index in [-0.39, 0.29) is 11.6 Å². The molecule has 1 atom stereocenters. The fraction of sp³-hybridized carbons (Fsp3) is 0.538. The maximum Gasteiger partial charge on any atom is 0.311 e. The number of carbonyl (C=O) groups excluding carboxylic acids is 1. The minimum absolute atomic E-state index is 0.0304. The number of hydrogen-bond donors (Lipinski definition) is 2. The van der Waals surface area contributed by atoms with Crippen LogP contribution in [0.2, 0.25) is 0 Å². The first-order chi connectivity index (χ1) is 9.36. The zero-order chi connectivity index (χ0) is 14.9. The molecule has 7 heteroatoms. The van der Waals surface area contributed by atoms with Crippen LogP contribution < -0.4 is 10.6 Å². The number of rotatable bonds is 4. The summed E-state index contributed by atoms with van der Waals surface area (Å²) in [6.45, 7) is 4.83. The van der Waals surface area contributed by atoms with Gasteiger partial charge in [-0.25, -0.2) is 0 Å². The van der Waals surface area contributed by atoms with Gasteiger partial charge in [-0.2, -0.15) is 0 Å². The highest BCUT2D eigenvalue weighted by atomic mass is 16.4. The Bertz CT molecular complexity index is 529. The van der Waals surface area contributed by atoms with Crippen LogP contribution in [0.4, 0.5) is 5.82 Å². The molecule has 0 aliphatic carbocycles. The third-order valence-corrected chi connectivity index (χ3v) is 4.06. The van der Waals surface area contributed by atoms with E-state index in [0.717, 1.165) is 0 Å². The van der Waals surface area contributed by atoms with Crippen LogP contribution in [0, 0.1) is 11.3 Å². The lowest BCUT2D eigenvalue weighted by Gasteiger charge is -2.28. The Balaban J connectivity index is 2.20. The number of nitrogens with zero attached hydrogens (tertiary/aromatic N) is 3. The van der Waals surface area contributed by atoms with Crippen LogP contribution >= 0.6 is 0 Å². The third kappa shape index (κ3) is 2.31. The fourth-order valence-electron chi connectivity index (χ4n) is 2.55. The normalized spacial score (nSPS) is 22.2. The zero-order valence-electron chi connectivity index (χ0n) is 11.5. The highest BCUT2D eigenvalue weighted by Gasteiger charge is 2.47. The van der Waals surface area contributed by atoms with Crippen molar-refractivity contribution in [3.63, 3.8) is 0 Å². The predicted molar refractivity (Wildman–Crippen MR) is 72.3 cm³/mol. The summed E-state index contributed by atoms with van der Waals surface area (Å²) >= 11 is 0. The molecule has 0 bridgehead atoms. The number of nitrogens with two attached hydrogens (primary N) is 1. The molecular weight excluding hydrogens is 260 g/mol. The molecule has 3 N–H and O–H groups in total. The van der Waals surface area contributed by atoms with Crippen LogP contribution in [-0.2, 0) is 4.79 Å². The topological polar surface area (TPSA) is 109 Å². The summed E-state index contributed by atoms with van der Waals surface area (Å²) in [6.07, 6.45) is 0.569. The molecule has 1 aliphatic rings. The standard InChI is InChI=1S/C13H18N4O3/c1-8(2)13(12(19)20)5-6-17(7-13)10-4-3-9(11(14)18)15-16-10/h3-4,8H,5-7H2,1-2H3,(H2,14,18)(H,19,20). The number of amides is 1. The summed E-state index contributed by atoms with van der Waals surface area (Å²) in [4.78, 5) is 24.4. The average Bonchev–Trinajstić information content (AvgIpc) is 2.85. The Labute approximate surface area is 116 Å². The summed E-state index contributed by atoms with van der Waals surface area (Å²) in [6, 6.07) is 3.14.